The molecule has 5 nitrogen and oxygen atoms in total. The largest absolute Gasteiger partial charge is 0.497 e. The maximum absolute atomic E-state index is 13.7. The van der Waals surface area contributed by atoms with E-state index in [-0.39, 0.29) is 18.1 Å². The molecule has 3 aromatic carbocycles. The summed E-state index contributed by atoms with van der Waals surface area (Å²) in [7, 11) is 1.62. The number of ether oxygens (including phenoxy) is 1. The monoisotopic (exact) mass is 418 g/mol. The highest BCUT2D eigenvalue weighted by Crippen LogP contribution is 2.28. The Morgan fingerprint density at radius 3 is 2.55 bits per heavy atom. The van der Waals surface area contributed by atoms with Crippen LogP contribution >= 0.6 is 0 Å². The first kappa shape index (κ1) is 20.6. The number of hydrogen-bond acceptors (Lipinski definition) is 3. The van der Waals surface area contributed by atoms with Gasteiger partial charge in [0.15, 0.2) is 0 Å². The summed E-state index contributed by atoms with van der Waals surface area (Å²) in [5.41, 5.74) is 3.48. The van der Waals surface area contributed by atoms with Crippen LogP contribution in [0.3, 0.4) is 0 Å². The van der Waals surface area contributed by atoms with Gasteiger partial charge in [-0.3, -0.25) is 0 Å². The fraction of sp³-hybridized carbons (Fsp3) is 0.160. The summed E-state index contributed by atoms with van der Waals surface area (Å²) in [5.74, 6) is -0.575. The number of carboxylic acid groups (broad SMARTS) is 1. The Balaban J connectivity index is 1.67. The molecule has 0 saturated carbocycles. The zero-order chi connectivity index (χ0) is 21.8. The van der Waals surface area contributed by atoms with Crippen LogP contribution in [0.15, 0.2) is 72.8 Å². The third kappa shape index (κ3) is 4.44. The van der Waals surface area contributed by atoms with Gasteiger partial charge in [-0.2, -0.15) is 0 Å². The van der Waals surface area contributed by atoms with E-state index in [1.807, 2.05) is 48.5 Å². The number of para-hydroxylation sites is 1. The molecule has 0 aliphatic rings. The smallest absolute Gasteiger partial charge is 0.352 e. The molecule has 0 fully saturated rings. The number of carbonyl (C=O) groups is 1. The van der Waals surface area contributed by atoms with Gasteiger partial charge in [0.1, 0.15) is 17.3 Å². The van der Waals surface area contributed by atoms with Gasteiger partial charge in [-0.1, -0.05) is 42.5 Å². The van der Waals surface area contributed by atoms with Crippen LogP contribution in [0.4, 0.5) is 4.39 Å². The highest BCUT2D eigenvalue weighted by Gasteiger charge is 2.22. The van der Waals surface area contributed by atoms with Crippen LogP contribution in [-0.4, -0.2) is 22.8 Å². The molecule has 0 radical (unpaired) electrons. The molecule has 0 unspecified atom stereocenters. The van der Waals surface area contributed by atoms with Gasteiger partial charge in [-0.05, 0) is 41.5 Å². The Bertz CT molecular complexity index is 1230. The lowest BCUT2D eigenvalue weighted by Crippen LogP contribution is -2.17. The average molecular weight is 418 g/mol. The summed E-state index contributed by atoms with van der Waals surface area (Å²) in [6.45, 7) is 1.23. The first-order valence-electron chi connectivity index (χ1n) is 9.98. The Morgan fingerprint density at radius 2 is 1.77 bits per heavy atom. The van der Waals surface area contributed by atoms with Crippen molar-refractivity contribution in [3.63, 3.8) is 0 Å². The molecule has 158 valence electrons. The molecule has 4 rings (SSSR count). The Morgan fingerprint density at radius 1 is 1.00 bits per heavy atom. The van der Waals surface area contributed by atoms with Gasteiger partial charge in [0.2, 0.25) is 0 Å². The number of nitrogens with one attached hydrogen (secondary N) is 1. The number of carboxylic acids is 1. The van der Waals surface area contributed by atoms with Crippen molar-refractivity contribution in [1.29, 1.82) is 0 Å². The summed E-state index contributed by atoms with van der Waals surface area (Å²) in [6.07, 6.45) is 0. The van der Waals surface area contributed by atoms with E-state index in [1.165, 1.54) is 12.1 Å². The van der Waals surface area contributed by atoms with Crippen molar-refractivity contribution in [2.75, 3.05) is 7.11 Å². The van der Waals surface area contributed by atoms with Crippen molar-refractivity contribution in [2.45, 2.75) is 19.6 Å². The van der Waals surface area contributed by atoms with Gasteiger partial charge in [0, 0.05) is 36.1 Å². The number of halogens is 1. The topological polar surface area (TPSA) is 63.5 Å². The number of aromatic nitrogens is 1. The minimum Gasteiger partial charge on any atom is -0.497 e. The molecule has 0 bridgehead atoms. The summed E-state index contributed by atoms with van der Waals surface area (Å²) < 4.78 is 20.7. The maximum Gasteiger partial charge on any atom is 0.352 e. The predicted molar refractivity (Wildman–Crippen MR) is 118 cm³/mol. The summed E-state index contributed by atoms with van der Waals surface area (Å²) in [5, 5.41) is 14.2. The summed E-state index contributed by atoms with van der Waals surface area (Å²) in [6, 6.07) is 21.6. The van der Waals surface area contributed by atoms with Gasteiger partial charge >= 0.3 is 5.97 Å². The molecule has 6 heteroatoms. The molecule has 0 aliphatic carbocycles. The average Bonchev–Trinajstić information content (AvgIpc) is 3.08. The molecule has 1 aromatic heterocycles. The van der Waals surface area contributed by atoms with Gasteiger partial charge < -0.3 is 19.7 Å². The van der Waals surface area contributed by atoms with Crippen LogP contribution in [0.2, 0.25) is 0 Å². The van der Waals surface area contributed by atoms with E-state index in [9.17, 15) is 14.3 Å². The number of benzene rings is 3. The second-order valence-electron chi connectivity index (χ2n) is 7.32. The zero-order valence-corrected chi connectivity index (χ0v) is 17.1. The second kappa shape index (κ2) is 9.02. The van der Waals surface area contributed by atoms with Crippen molar-refractivity contribution in [3.05, 3.63) is 101 Å². The minimum absolute atomic E-state index is 0.212. The third-order valence-electron chi connectivity index (χ3n) is 5.27. The van der Waals surface area contributed by atoms with Crippen LogP contribution in [0.5, 0.6) is 5.75 Å². The molecular weight excluding hydrogens is 395 g/mol. The molecule has 0 spiro atoms. The molecule has 0 amide bonds. The van der Waals surface area contributed by atoms with E-state index in [1.54, 1.807) is 23.8 Å². The van der Waals surface area contributed by atoms with Crippen LogP contribution in [0.1, 0.15) is 27.2 Å². The molecule has 0 atom stereocenters. The summed E-state index contributed by atoms with van der Waals surface area (Å²) in [4.78, 5) is 12.2. The standard InChI is InChI=1S/C25H23FN2O3/c1-31-20-9-5-6-17(13-20)14-27-15-22-21-10-2-3-11-23(21)28(24(22)25(29)30)16-18-7-4-8-19(26)12-18/h2-13,27H,14-16H2,1H3,(H,29,30). The van der Waals surface area contributed by atoms with Gasteiger partial charge in [0.05, 0.1) is 7.11 Å². The molecule has 31 heavy (non-hydrogen) atoms. The summed E-state index contributed by atoms with van der Waals surface area (Å²) >= 11 is 0. The lowest BCUT2D eigenvalue weighted by molar-refractivity contribution is 0.0685. The Kier molecular flexibility index (Phi) is 6.00. The zero-order valence-electron chi connectivity index (χ0n) is 17.1. The van der Waals surface area contributed by atoms with E-state index < -0.39 is 5.97 Å². The van der Waals surface area contributed by atoms with Crippen molar-refractivity contribution in [3.8, 4) is 5.75 Å². The number of aromatic carboxylic acids is 1. The number of hydrogen-bond donors (Lipinski definition) is 2. The van der Waals surface area contributed by atoms with E-state index in [0.29, 0.717) is 24.2 Å². The van der Waals surface area contributed by atoms with Gasteiger partial charge in [0.25, 0.3) is 0 Å². The quantitative estimate of drug-likeness (QED) is 0.430. The second-order valence-corrected chi connectivity index (χ2v) is 7.32. The predicted octanol–water partition coefficient (Wildman–Crippen LogP) is 4.83. The molecule has 4 aromatic rings. The molecule has 1 heterocycles. The van der Waals surface area contributed by atoms with Crippen molar-refractivity contribution < 1.29 is 19.0 Å². The first-order chi connectivity index (χ1) is 15.1. The lowest BCUT2D eigenvalue weighted by atomic mass is 10.1. The number of rotatable bonds is 8. The fourth-order valence-electron chi connectivity index (χ4n) is 3.89. The van der Waals surface area contributed by atoms with E-state index >= 15 is 0 Å². The van der Waals surface area contributed by atoms with Crippen molar-refractivity contribution in [2.24, 2.45) is 0 Å². The van der Waals surface area contributed by atoms with Gasteiger partial charge in [-0.25, -0.2) is 9.18 Å². The number of methoxy groups -OCH3 is 1. The molecular formula is C25H23FN2O3. The van der Waals surface area contributed by atoms with Crippen LogP contribution < -0.4 is 10.1 Å². The highest BCUT2D eigenvalue weighted by atomic mass is 19.1. The van der Waals surface area contributed by atoms with E-state index in [2.05, 4.69) is 5.32 Å². The maximum atomic E-state index is 13.7. The SMILES string of the molecule is COc1cccc(CNCc2c(C(=O)O)n(Cc3cccc(F)c3)c3ccccc23)c1. The number of fused-ring (bicyclic) bond motifs is 1. The normalized spacial score (nSPS) is 11.0. The van der Waals surface area contributed by atoms with Crippen LogP contribution in [0.25, 0.3) is 10.9 Å². The first-order valence-corrected chi connectivity index (χ1v) is 9.98. The van der Waals surface area contributed by atoms with Crippen molar-refractivity contribution in [1.82, 2.24) is 9.88 Å². The lowest BCUT2D eigenvalue weighted by Gasteiger charge is -2.10. The molecule has 0 saturated heterocycles. The highest BCUT2D eigenvalue weighted by molar-refractivity contribution is 5.98. The molecule has 0 aliphatic heterocycles. The van der Waals surface area contributed by atoms with E-state index in [4.69, 9.17) is 4.74 Å². The third-order valence-corrected chi connectivity index (χ3v) is 5.27. The van der Waals surface area contributed by atoms with Crippen molar-refractivity contribution >= 4 is 16.9 Å². The van der Waals surface area contributed by atoms with Crippen LogP contribution in [-0.2, 0) is 19.6 Å². The van der Waals surface area contributed by atoms with E-state index in [0.717, 1.165) is 22.2 Å². The minimum atomic E-state index is -1.01. The van der Waals surface area contributed by atoms with Crippen LogP contribution in [0, 0.1) is 5.82 Å². The Hall–Kier alpha value is -3.64. The molecule has 2 N–H and O–H groups in total. The fourth-order valence-corrected chi connectivity index (χ4v) is 3.89. The van der Waals surface area contributed by atoms with Gasteiger partial charge in [-0.15, -0.1) is 0 Å². The Labute approximate surface area is 179 Å². The number of nitrogens with zero attached hydrogens (tertiary/aromatic N) is 1.